The van der Waals surface area contributed by atoms with Crippen LogP contribution >= 0.6 is 0 Å². The van der Waals surface area contributed by atoms with E-state index < -0.39 is 18.0 Å². The molecule has 0 aliphatic heterocycles. The molecule has 1 aromatic heterocycles. The van der Waals surface area contributed by atoms with Crippen LogP contribution in [0.2, 0.25) is 0 Å². The molecule has 0 radical (unpaired) electrons. The topological polar surface area (TPSA) is 125 Å². The van der Waals surface area contributed by atoms with Crippen molar-refractivity contribution in [3.8, 4) is 0 Å². The second-order valence-electron chi connectivity index (χ2n) is 5.89. The Labute approximate surface area is 217 Å². The first-order valence-corrected chi connectivity index (χ1v) is 8.45. The Morgan fingerprint density at radius 3 is 2.48 bits per heavy atom. The Balaban J connectivity index is 0.00000210. The molecular formula is C18H16N4Na2O4S. The van der Waals surface area contributed by atoms with Gasteiger partial charge in [0.25, 0.3) is 0 Å². The van der Waals surface area contributed by atoms with Crippen molar-refractivity contribution in [3.05, 3.63) is 48.0 Å². The van der Waals surface area contributed by atoms with Gasteiger partial charge in [-0.2, -0.15) is 0 Å². The number of carboxylic acids is 1. The average molecular weight is 430 g/mol. The summed E-state index contributed by atoms with van der Waals surface area (Å²) in [5.41, 5.74) is 8.06. The average Bonchev–Trinajstić information content (AvgIpc) is 2.98. The van der Waals surface area contributed by atoms with Gasteiger partial charge in [0.15, 0.2) is 5.58 Å². The minimum absolute atomic E-state index is 0. The molecule has 140 valence electrons. The molecule has 0 aliphatic rings. The minimum Gasteiger partial charge on any atom is -0.721 e. The van der Waals surface area contributed by atoms with Crippen LogP contribution in [0.3, 0.4) is 0 Å². The number of nitrogens with two attached hydrogens (primary N) is 1. The maximum Gasteiger partial charge on any atom is 1.00 e. The van der Waals surface area contributed by atoms with Crippen LogP contribution in [0.25, 0.3) is 11.1 Å². The number of carbonyl (C=O) groups excluding carboxylic acids is 2. The smallest absolute Gasteiger partial charge is 0.721 e. The summed E-state index contributed by atoms with van der Waals surface area (Å²) < 4.78 is 5.34. The van der Waals surface area contributed by atoms with Crippen LogP contribution in [0.4, 0.5) is 11.4 Å². The minimum atomic E-state index is -1.23. The first-order chi connectivity index (χ1) is 12.8. The summed E-state index contributed by atoms with van der Waals surface area (Å²) in [7, 11) is 0. The fraction of sp³-hybridized carbons (Fsp3) is 0.167. The molecule has 8 nitrogen and oxygen atoms in total. The van der Waals surface area contributed by atoms with Gasteiger partial charge in [-0.15, -0.1) is 0 Å². The predicted molar refractivity (Wildman–Crippen MR) is 100 cm³/mol. The molecule has 1 amide bonds. The molecule has 0 bridgehead atoms. The number of oxazole rings is 1. The SMILES string of the molecule is CC(Nc1ccc2nc([S-])oc2c1)N(CC(=O)[O-])c1ccc(C(N)=O)cc1.[Na+].[Na+]. The van der Waals surface area contributed by atoms with Crippen LogP contribution in [-0.4, -0.2) is 29.6 Å². The van der Waals surface area contributed by atoms with Crippen LogP contribution in [-0.2, 0) is 17.4 Å². The van der Waals surface area contributed by atoms with E-state index in [0.29, 0.717) is 28.0 Å². The van der Waals surface area contributed by atoms with E-state index in [1.54, 1.807) is 54.3 Å². The van der Waals surface area contributed by atoms with E-state index in [1.165, 1.54) is 0 Å². The van der Waals surface area contributed by atoms with Gasteiger partial charge in [-0.1, -0.05) is 0 Å². The molecule has 0 fully saturated rings. The maximum absolute atomic E-state index is 11.2. The normalized spacial score (nSPS) is 11.1. The Kier molecular flexibility index (Phi) is 9.90. The third-order valence-corrected chi connectivity index (χ3v) is 4.17. The molecule has 0 spiro atoms. The molecule has 0 aliphatic carbocycles. The summed E-state index contributed by atoms with van der Waals surface area (Å²) in [6, 6.07) is 11.6. The Morgan fingerprint density at radius 2 is 1.90 bits per heavy atom. The van der Waals surface area contributed by atoms with Crippen molar-refractivity contribution in [1.29, 1.82) is 0 Å². The molecule has 3 rings (SSSR count). The monoisotopic (exact) mass is 430 g/mol. The Morgan fingerprint density at radius 1 is 1.24 bits per heavy atom. The number of fused-ring (bicyclic) bond motifs is 1. The van der Waals surface area contributed by atoms with E-state index in [9.17, 15) is 14.7 Å². The number of nitrogens with zero attached hydrogens (tertiary/aromatic N) is 2. The molecule has 11 heteroatoms. The molecule has 2 aromatic carbocycles. The van der Waals surface area contributed by atoms with Crippen molar-refractivity contribution in [1.82, 2.24) is 4.98 Å². The number of hydrogen-bond acceptors (Lipinski definition) is 8. The van der Waals surface area contributed by atoms with Gasteiger partial charge in [0.05, 0.1) is 23.9 Å². The number of aromatic nitrogens is 1. The zero-order valence-electron chi connectivity index (χ0n) is 16.3. The second kappa shape index (κ2) is 11.2. The van der Waals surface area contributed by atoms with Gasteiger partial charge in [0.2, 0.25) is 5.91 Å². The number of rotatable bonds is 7. The molecule has 1 atom stereocenters. The fourth-order valence-corrected chi connectivity index (χ4v) is 2.91. The number of aliphatic carboxylic acids is 1. The summed E-state index contributed by atoms with van der Waals surface area (Å²) in [5, 5.41) is 14.6. The van der Waals surface area contributed by atoms with E-state index in [2.05, 4.69) is 10.3 Å². The summed E-state index contributed by atoms with van der Waals surface area (Å²) in [5.74, 6) is -1.79. The molecule has 3 N–H and O–H groups in total. The number of carboxylic acid groups (broad SMARTS) is 1. The predicted octanol–water partition coefficient (Wildman–Crippen LogP) is -5.15. The van der Waals surface area contributed by atoms with Crippen molar-refractivity contribution >= 4 is 47.0 Å². The molecule has 0 saturated heterocycles. The van der Waals surface area contributed by atoms with Crippen molar-refractivity contribution < 1.29 is 78.2 Å². The molecule has 0 saturated carbocycles. The van der Waals surface area contributed by atoms with Gasteiger partial charge in [-0.05, 0) is 43.3 Å². The van der Waals surface area contributed by atoms with Crippen LogP contribution < -0.4 is 80.2 Å². The second-order valence-corrected chi connectivity index (χ2v) is 6.24. The van der Waals surface area contributed by atoms with Crippen molar-refractivity contribution in [2.45, 2.75) is 18.3 Å². The number of benzene rings is 2. The van der Waals surface area contributed by atoms with Gasteiger partial charge in [0.1, 0.15) is 5.52 Å². The van der Waals surface area contributed by atoms with Crippen molar-refractivity contribution in [2.24, 2.45) is 5.73 Å². The number of primary amides is 1. The van der Waals surface area contributed by atoms with Gasteiger partial charge in [0, 0.05) is 23.0 Å². The van der Waals surface area contributed by atoms with Gasteiger partial charge in [-0.3, -0.25) is 4.79 Å². The van der Waals surface area contributed by atoms with E-state index in [1.807, 2.05) is 0 Å². The summed E-state index contributed by atoms with van der Waals surface area (Å²) in [6.07, 6.45) is -0.411. The number of hydrogen-bond donors (Lipinski definition) is 2. The van der Waals surface area contributed by atoms with Gasteiger partial charge < -0.3 is 42.9 Å². The van der Waals surface area contributed by atoms with E-state index in [4.69, 9.17) is 22.8 Å². The number of nitrogens with one attached hydrogen (secondary N) is 1. The largest absolute Gasteiger partial charge is 1.00 e. The first kappa shape index (κ1) is 25.7. The van der Waals surface area contributed by atoms with Crippen LogP contribution in [0.5, 0.6) is 0 Å². The quantitative estimate of drug-likeness (QED) is 0.217. The van der Waals surface area contributed by atoms with E-state index in [0.717, 1.165) is 0 Å². The number of anilines is 2. The Bertz CT molecular complexity index is 997. The third-order valence-electron chi connectivity index (χ3n) is 3.99. The molecule has 1 heterocycles. The zero-order chi connectivity index (χ0) is 19.6. The molecule has 3 aromatic rings. The van der Waals surface area contributed by atoms with Gasteiger partial charge >= 0.3 is 59.1 Å². The van der Waals surface area contributed by atoms with E-state index in [-0.39, 0.29) is 70.9 Å². The van der Waals surface area contributed by atoms with Crippen molar-refractivity contribution in [2.75, 3.05) is 16.8 Å². The van der Waals surface area contributed by atoms with Crippen LogP contribution in [0.15, 0.2) is 52.1 Å². The zero-order valence-corrected chi connectivity index (χ0v) is 21.2. The summed E-state index contributed by atoms with van der Waals surface area (Å²) in [4.78, 5) is 28.1. The molecular weight excluding hydrogens is 414 g/mol. The molecule has 1 unspecified atom stereocenters. The maximum atomic E-state index is 11.2. The van der Waals surface area contributed by atoms with E-state index >= 15 is 0 Å². The summed E-state index contributed by atoms with van der Waals surface area (Å²) in [6.45, 7) is 1.46. The molecule has 29 heavy (non-hydrogen) atoms. The number of carbonyl (C=O) groups is 2. The van der Waals surface area contributed by atoms with Crippen LogP contribution in [0.1, 0.15) is 17.3 Å². The van der Waals surface area contributed by atoms with Crippen molar-refractivity contribution in [3.63, 3.8) is 0 Å². The van der Waals surface area contributed by atoms with Gasteiger partial charge in [-0.25, -0.2) is 4.98 Å². The Hall–Kier alpha value is -1.33. The first-order valence-electron chi connectivity index (χ1n) is 8.04. The standard InChI is InChI=1S/C18H18N4O4S.2Na/c1-10(20-12-4-7-14-15(8-12)26-18(27)21-14)22(9-16(23)24)13-5-2-11(3-6-13)17(19)25;;/h2-8,10,20H,9H2,1H3,(H2,19,25)(H,21,27)(H,23,24);;/q;2*+1/p-2. The fourth-order valence-electron chi connectivity index (χ4n) is 2.72. The third kappa shape index (κ3) is 6.58. The number of amides is 1. The van der Waals surface area contributed by atoms with Crippen LogP contribution in [0, 0.1) is 0 Å². The summed E-state index contributed by atoms with van der Waals surface area (Å²) >= 11 is 4.91.